The highest BCUT2D eigenvalue weighted by molar-refractivity contribution is 7.17. The standard InChI is InChI=1S/C14H18N2S/c1-2-8-15-13-10-5-3-4-6-11(10)16-12-7-9-17-14(12)13/h7,9H,2-6,8H2,1H3,(H,15,16). The highest BCUT2D eigenvalue weighted by atomic mass is 32.1. The molecular weight excluding hydrogens is 228 g/mol. The Morgan fingerprint density at radius 3 is 3.12 bits per heavy atom. The van der Waals surface area contributed by atoms with Crippen molar-refractivity contribution in [2.24, 2.45) is 0 Å². The van der Waals surface area contributed by atoms with E-state index >= 15 is 0 Å². The quantitative estimate of drug-likeness (QED) is 0.885. The second kappa shape index (κ2) is 4.65. The van der Waals surface area contributed by atoms with Crippen LogP contribution in [0.5, 0.6) is 0 Å². The minimum absolute atomic E-state index is 1.06. The van der Waals surface area contributed by atoms with Crippen LogP contribution in [0.1, 0.15) is 37.4 Å². The number of nitrogens with one attached hydrogen (secondary N) is 1. The molecule has 0 radical (unpaired) electrons. The molecule has 90 valence electrons. The molecule has 0 atom stereocenters. The number of aromatic nitrogens is 1. The van der Waals surface area contributed by atoms with Gasteiger partial charge >= 0.3 is 0 Å². The first kappa shape index (κ1) is 11.0. The summed E-state index contributed by atoms with van der Waals surface area (Å²) in [4.78, 5) is 4.81. The van der Waals surface area contributed by atoms with E-state index in [0.717, 1.165) is 13.0 Å². The van der Waals surface area contributed by atoms with Crippen LogP contribution in [-0.2, 0) is 12.8 Å². The van der Waals surface area contributed by atoms with Crippen LogP contribution in [0.3, 0.4) is 0 Å². The topological polar surface area (TPSA) is 24.9 Å². The molecule has 3 rings (SSSR count). The molecule has 0 saturated heterocycles. The highest BCUT2D eigenvalue weighted by Crippen LogP contribution is 2.35. The van der Waals surface area contributed by atoms with E-state index in [0.29, 0.717) is 0 Å². The van der Waals surface area contributed by atoms with Crippen LogP contribution in [0.25, 0.3) is 10.2 Å². The number of aryl methyl sites for hydroxylation is 1. The van der Waals surface area contributed by atoms with Gasteiger partial charge in [0.15, 0.2) is 0 Å². The van der Waals surface area contributed by atoms with Crippen molar-refractivity contribution < 1.29 is 0 Å². The van der Waals surface area contributed by atoms with Gasteiger partial charge in [-0.15, -0.1) is 11.3 Å². The molecule has 2 aromatic rings. The average Bonchev–Trinajstić information content (AvgIpc) is 2.82. The molecule has 2 heterocycles. The number of thiophene rings is 1. The van der Waals surface area contributed by atoms with Crippen LogP contribution < -0.4 is 5.32 Å². The molecule has 1 N–H and O–H groups in total. The predicted octanol–water partition coefficient (Wildman–Crippen LogP) is 4.00. The molecule has 1 aliphatic rings. The first-order valence-electron chi connectivity index (χ1n) is 6.53. The van der Waals surface area contributed by atoms with E-state index in [9.17, 15) is 0 Å². The number of hydrogen-bond donors (Lipinski definition) is 1. The van der Waals surface area contributed by atoms with Crippen LogP contribution in [0.4, 0.5) is 5.69 Å². The van der Waals surface area contributed by atoms with E-state index in [2.05, 4.69) is 23.7 Å². The third kappa shape index (κ3) is 1.93. The second-order valence-corrected chi connectivity index (χ2v) is 5.60. The van der Waals surface area contributed by atoms with Gasteiger partial charge < -0.3 is 5.32 Å². The molecule has 0 aromatic carbocycles. The summed E-state index contributed by atoms with van der Waals surface area (Å²) >= 11 is 1.81. The highest BCUT2D eigenvalue weighted by Gasteiger charge is 2.18. The fourth-order valence-electron chi connectivity index (χ4n) is 2.58. The Balaban J connectivity index is 2.15. The molecule has 0 saturated carbocycles. The Hall–Kier alpha value is -1.09. The summed E-state index contributed by atoms with van der Waals surface area (Å²) in [6, 6.07) is 2.14. The molecule has 0 aliphatic heterocycles. The molecule has 0 spiro atoms. The largest absolute Gasteiger partial charge is 0.384 e. The van der Waals surface area contributed by atoms with Gasteiger partial charge in [-0.1, -0.05) is 6.92 Å². The second-order valence-electron chi connectivity index (χ2n) is 4.68. The van der Waals surface area contributed by atoms with E-state index in [1.165, 1.54) is 52.8 Å². The number of hydrogen-bond acceptors (Lipinski definition) is 3. The van der Waals surface area contributed by atoms with Gasteiger partial charge in [-0.3, -0.25) is 4.98 Å². The molecule has 2 aromatic heterocycles. The molecule has 1 aliphatic carbocycles. The Labute approximate surface area is 106 Å². The SMILES string of the molecule is CCCNc1c2c(nc3ccsc13)CCCC2. The van der Waals surface area contributed by atoms with Gasteiger partial charge in [-0.25, -0.2) is 0 Å². The summed E-state index contributed by atoms with van der Waals surface area (Å²) in [6.07, 6.45) is 6.13. The van der Waals surface area contributed by atoms with Gasteiger partial charge in [0.05, 0.1) is 15.9 Å². The summed E-state index contributed by atoms with van der Waals surface area (Å²) in [7, 11) is 0. The Morgan fingerprint density at radius 2 is 2.24 bits per heavy atom. The van der Waals surface area contributed by atoms with Crippen molar-refractivity contribution in [2.75, 3.05) is 11.9 Å². The minimum atomic E-state index is 1.06. The van der Waals surface area contributed by atoms with Crippen molar-refractivity contribution in [3.8, 4) is 0 Å². The third-order valence-electron chi connectivity index (χ3n) is 3.42. The Bertz CT molecular complexity index is 530. The third-order valence-corrected chi connectivity index (χ3v) is 4.34. The van der Waals surface area contributed by atoms with E-state index in [-0.39, 0.29) is 0 Å². The van der Waals surface area contributed by atoms with Gasteiger partial charge in [0.25, 0.3) is 0 Å². The van der Waals surface area contributed by atoms with E-state index in [1.807, 2.05) is 11.3 Å². The maximum absolute atomic E-state index is 4.81. The molecule has 0 amide bonds. The smallest absolute Gasteiger partial charge is 0.0834 e. The van der Waals surface area contributed by atoms with Crippen LogP contribution in [0.15, 0.2) is 11.4 Å². The van der Waals surface area contributed by atoms with Crippen molar-refractivity contribution in [1.82, 2.24) is 4.98 Å². The minimum Gasteiger partial charge on any atom is -0.384 e. The molecule has 0 bridgehead atoms. The molecule has 17 heavy (non-hydrogen) atoms. The molecule has 0 fully saturated rings. The average molecular weight is 246 g/mol. The van der Waals surface area contributed by atoms with Gasteiger partial charge in [-0.05, 0) is 49.1 Å². The van der Waals surface area contributed by atoms with Crippen LogP contribution >= 0.6 is 11.3 Å². The number of pyridine rings is 1. The van der Waals surface area contributed by atoms with Crippen LogP contribution in [0.2, 0.25) is 0 Å². The van der Waals surface area contributed by atoms with Crippen molar-refractivity contribution >= 4 is 27.2 Å². The maximum Gasteiger partial charge on any atom is 0.0834 e. The van der Waals surface area contributed by atoms with Crippen LogP contribution in [-0.4, -0.2) is 11.5 Å². The van der Waals surface area contributed by atoms with Gasteiger partial charge in [0.1, 0.15) is 0 Å². The summed E-state index contributed by atoms with van der Waals surface area (Å²) in [5.74, 6) is 0. The lowest BCUT2D eigenvalue weighted by molar-refractivity contribution is 0.672. The van der Waals surface area contributed by atoms with Gasteiger partial charge in [0, 0.05) is 12.2 Å². The summed E-state index contributed by atoms with van der Waals surface area (Å²) in [5.41, 5.74) is 5.37. The number of anilines is 1. The normalized spacial score (nSPS) is 14.9. The molecule has 0 unspecified atom stereocenters. The first-order chi connectivity index (χ1) is 8.40. The molecular formula is C14H18N2S. The van der Waals surface area contributed by atoms with Crippen molar-refractivity contribution in [3.05, 3.63) is 22.7 Å². The fourth-order valence-corrected chi connectivity index (χ4v) is 3.46. The predicted molar refractivity (Wildman–Crippen MR) is 75.0 cm³/mol. The molecule has 2 nitrogen and oxygen atoms in total. The van der Waals surface area contributed by atoms with E-state index in [1.54, 1.807) is 0 Å². The summed E-state index contributed by atoms with van der Waals surface area (Å²) in [5, 5.41) is 5.78. The van der Waals surface area contributed by atoms with Gasteiger partial charge in [0.2, 0.25) is 0 Å². The van der Waals surface area contributed by atoms with Crippen molar-refractivity contribution in [3.63, 3.8) is 0 Å². The Morgan fingerprint density at radius 1 is 1.35 bits per heavy atom. The van der Waals surface area contributed by atoms with Crippen molar-refractivity contribution in [2.45, 2.75) is 39.0 Å². The summed E-state index contributed by atoms with van der Waals surface area (Å²) < 4.78 is 1.35. The zero-order chi connectivity index (χ0) is 11.7. The zero-order valence-electron chi connectivity index (χ0n) is 10.3. The van der Waals surface area contributed by atoms with Crippen LogP contribution in [0, 0.1) is 0 Å². The zero-order valence-corrected chi connectivity index (χ0v) is 11.1. The Kier molecular flexibility index (Phi) is 3.02. The lowest BCUT2D eigenvalue weighted by Gasteiger charge is -2.20. The fraction of sp³-hybridized carbons (Fsp3) is 0.500. The number of rotatable bonds is 3. The lowest BCUT2D eigenvalue weighted by atomic mass is 9.94. The lowest BCUT2D eigenvalue weighted by Crippen LogP contribution is -2.11. The number of fused-ring (bicyclic) bond motifs is 2. The monoisotopic (exact) mass is 246 g/mol. The van der Waals surface area contributed by atoms with Gasteiger partial charge in [-0.2, -0.15) is 0 Å². The number of nitrogens with zero attached hydrogens (tertiary/aromatic N) is 1. The van der Waals surface area contributed by atoms with E-state index in [4.69, 9.17) is 4.98 Å². The van der Waals surface area contributed by atoms with E-state index < -0.39 is 0 Å². The maximum atomic E-state index is 4.81. The molecule has 3 heteroatoms. The van der Waals surface area contributed by atoms with Crippen molar-refractivity contribution in [1.29, 1.82) is 0 Å². The summed E-state index contributed by atoms with van der Waals surface area (Å²) in [6.45, 7) is 3.27. The first-order valence-corrected chi connectivity index (χ1v) is 7.41.